The van der Waals surface area contributed by atoms with Crippen molar-refractivity contribution in [2.45, 2.75) is 129 Å². The van der Waals surface area contributed by atoms with Gasteiger partial charge in [0.15, 0.2) is 0 Å². The molecule has 8 nitrogen and oxygen atoms in total. The molecular formula is C26H42N2O6. The second-order valence-electron chi connectivity index (χ2n) is 12.2. The summed E-state index contributed by atoms with van der Waals surface area (Å²) in [7, 11) is 0. The van der Waals surface area contributed by atoms with Gasteiger partial charge in [0.2, 0.25) is 11.8 Å². The van der Waals surface area contributed by atoms with Crippen LogP contribution in [-0.4, -0.2) is 67.9 Å². The van der Waals surface area contributed by atoms with Crippen LogP contribution in [0.25, 0.3) is 0 Å². The quantitative estimate of drug-likeness (QED) is 0.451. The molecule has 0 unspecified atom stereocenters. The van der Waals surface area contributed by atoms with E-state index in [0.717, 1.165) is 12.2 Å². The molecule has 0 aromatic heterocycles. The average molecular weight is 479 g/mol. The van der Waals surface area contributed by atoms with E-state index in [4.69, 9.17) is 9.47 Å². The maximum Gasteiger partial charge on any atom is 0.331 e. The van der Waals surface area contributed by atoms with Crippen LogP contribution in [0.15, 0.2) is 12.2 Å². The van der Waals surface area contributed by atoms with Gasteiger partial charge in [-0.2, -0.15) is 0 Å². The Morgan fingerprint density at radius 1 is 0.588 bits per heavy atom. The van der Waals surface area contributed by atoms with Crippen LogP contribution in [0.2, 0.25) is 0 Å². The molecule has 34 heavy (non-hydrogen) atoms. The van der Waals surface area contributed by atoms with Crippen LogP contribution < -0.4 is 0 Å². The predicted octanol–water partition coefficient (Wildman–Crippen LogP) is 3.77. The van der Waals surface area contributed by atoms with Gasteiger partial charge >= 0.3 is 11.9 Å². The highest BCUT2D eigenvalue weighted by molar-refractivity contribution is 5.91. The van der Waals surface area contributed by atoms with E-state index in [2.05, 4.69) is 0 Å². The van der Waals surface area contributed by atoms with E-state index >= 15 is 0 Å². The lowest BCUT2D eigenvalue weighted by molar-refractivity contribution is -0.166. The summed E-state index contributed by atoms with van der Waals surface area (Å²) in [5.41, 5.74) is -1.85. The van der Waals surface area contributed by atoms with Crippen molar-refractivity contribution in [1.29, 1.82) is 0 Å². The van der Waals surface area contributed by atoms with E-state index < -0.39 is 34.1 Å². The second kappa shape index (κ2) is 9.34. The number of carbonyl (C=O) groups excluding carboxylic acids is 4. The standard InChI is InChI=1S/C26H42N2O6/c1-17(29)27-23(3,4)13-19(14-24(27,5)6)33-21(31)11-12-22(32)34-20-15-25(7,8)28(18(2)30)26(9,10)16-20/h11-12,19-20H,13-16H2,1-10H3. The van der Waals surface area contributed by atoms with Crippen LogP contribution in [0.5, 0.6) is 0 Å². The lowest BCUT2D eigenvalue weighted by Crippen LogP contribution is -2.63. The largest absolute Gasteiger partial charge is 0.459 e. The monoisotopic (exact) mass is 478 g/mol. The third kappa shape index (κ3) is 6.19. The molecule has 0 N–H and O–H groups in total. The van der Waals surface area contributed by atoms with Crippen LogP contribution in [-0.2, 0) is 28.7 Å². The lowest BCUT2D eigenvalue weighted by atomic mass is 9.78. The van der Waals surface area contributed by atoms with Crippen LogP contribution in [0, 0.1) is 0 Å². The molecule has 0 aromatic carbocycles. The van der Waals surface area contributed by atoms with Crippen molar-refractivity contribution in [3.63, 3.8) is 0 Å². The van der Waals surface area contributed by atoms with E-state index in [1.165, 1.54) is 0 Å². The summed E-state index contributed by atoms with van der Waals surface area (Å²) in [6, 6.07) is 0. The van der Waals surface area contributed by atoms with Gasteiger partial charge in [-0.25, -0.2) is 9.59 Å². The fraction of sp³-hybridized carbons (Fsp3) is 0.769. The lowest BCUT2D eigenvalue weighted by Gasteiger charge is -2.54. The van der Waals surface area contributed by atoms with Crippen molar-refractivity contribution in [2.24, 2.45) is 0 Å². The maximum absolute atomic E-state index is 12.4. The number of likely N-dealkylation sites (tertiary alicyclic amines) is 2. The van der Waals surface area contributed by atoms with Gasteiger partial charge in [0.1, 0.15) is 12.2 Å². The van der Waals surface area contributed by atoms with Crippen LogP contribution in [0.1, 0.15) is 94.9 Å². The summed E-state index contributed by atoms with van der Waals surface area (Å²) in [6.07, 6.45) is 3.51. The summed E-state index contributed by atoms with van der Waals surface area (Å²) in [5, 5.41) is 0. The summed E-state index contributed by atoms with van der Waals surface area (Å²) >= 11 is 0. The van der Waals surface area contributed by atoms with E-state index in [0.29, 0.717) is 25.7 Å². The van der Waals surface area contributed by atoms with Crippen LogP contribution in [0.3, 0.4) is 0 Å². The van der Waals surface area contributed by atoms with Crippen molar-refractivity contribution in [3.05, 3.63) is 12.2 Å². The number of ether oxygens (including phenoxy) is 2. The Hall–Kier alpha value is -2.38. The number of hydrogen-bond acceptors (Lipinski definition) is 6. The molecular weight excluding hydrogens is 436 g/mol. The van der Waals surface area contributed by atoms with E-state index in [9.17, 15) is 19.2 Å². The predicted molar refractivity (Wildman–Crippen MR) is 129 cm³/mol. The first-order valence-corrected chi connectivity index (χ1v) is 12.0. The number of rotatable bonds is 4. The number of amides is 2. The van der Waals surface area contributed by atoms with Crippen molar-refractivity contribution < 1.29 is 28.7 Å². The molecule has 8 heteroatoms. The van der Waals surface area contributed by atoms with Gasteiger partial charge in [0.25, 0.3) is 0 Å². The Balaban J connectivity index is 1.98. The highest BCUT2D eigenvalue weighted by atomic mass is 16.5. The Kier molecular flexibility index (Phi) is 7.66. The third-order valence-electron chi connectivity index (χ3n) is 6.88. The summed E-state index contributed by atoms with van der Waals surface area (Å²) < 4.78 is 11.2. The molecule has 2 heterocycles. The zero-order chi connectivity index (χ0) is 26.3. The minimum Gasteiger partial charge on any atom is -0.459 e. The summed E-state index contributed by atoms with van der Waals surface area (Å²) in [4.78, 5) is 52.9. The first-order valence-electron chi connectivity index (χ1n) is 12.0. The number of esters is 2. The highest BCUT2D eigenvalue weighted by Crippen LogP contribution is 2.40. The molecule has 0 bridgehead atoms. The topological polar surface area (TPSA) is 93.2 Å². The number of nitrogens with zero attached hydrogens (tertiary/aromatic N) is 2. The van der Waals surface area contributed by atoms with Gasteiger partial charge in [-0.15, -0.1) is 0 Å². The molecule has 192 valence electrons. The molecule has 2 saturated heterocycles. The fourth-order valence-electron chi connectivity index (χ4n) is 6.79. The zero-order valence-electron chi connectivity index (χ0n) is 22.5. The van der Waals surface area contributed by atoms with Crippen LogP contribution in [0.4, 0.5) is 0 Å². The molecule has 2 aliphatic rings. The minimum absolute atomic E-state index is 0.0112. The van der Waals surface area contributed by atoms with E-state index in [-0.39, 0.29) is 24.0 Å². The third-order valence-corrected chi connectivity index (χ3v) is 6.88. The van der Waals surface area contributed by atoms with Crippen molar-refractivity contribution in [3.8, 4) is 0 Å². The second-order valence-corrected chi connectivity index (χ2v) is 12.2. The molecule has 0 atom stereocenters. The molecule has 2 aliphatic heterocycles. The molecule has 0 radical (unpaired) electrons. The fourth-order valence-corrected chi connectivity index (χ4v) is 6.79. The molecule has 0 spiro atoms. The average Bonchev–Trinajstić information content (AvgIpc) is 2.53. The van der Waals surface area contributed by atoms with E-state index in [1.54, 1.807) is 13.8 Å². The van der Waals surface area contributed by atoms with Crippen LogP contribution >= 0.6 is 0 Å². The maximum atomic E-state index is 12.4. The Labute approximate surface area is 204 Å². The Morgan fingerprint density at radius 3 is 1.03 bits per heavy atom. The normalized spacial score (nSPS) is 24.1. The Bertz CT molecular complexity index is 765. The van der Waals surface area contributed by atoms with Crippen molar-refractivity contribution >= 4 is 23.8 Å². The van der Waals surface area contributed by atoms with Crippen molar-refractivity contribution in [2.75, 3.05) is 0 Å². The molecule has 2 rings (SSSR count). The molecule has 0 saturated carbocycles. The minimum atomic E-state index is -0.614. The van der Waals surface area contributed by atoms with Gasteiger partial charge in [-0.1, -0.05) is 0 Å². The number of piperidine rings is 2. The number of carbonyl (C=O) groups is 4. The van der Waals surface area contributed by atoms with E-state index in [1.807, 2.05) is 65.2 Å². The summed E-state index contributed by atoms with van der Waals surface area (Å²) in [5.74, 6) is -1.25. The summed E-state index contributed by atoms with van der Waals surface area (Å²) in [6.45, 7) is 18.8. The highest BCUT2D eigenvalue weighted by Gasteiger charge is 2.49. The molecule has 0 aromatic rings. The SMILES string of the molecule is CC(=O)N1C(C)(C)CC(OC(=O)C=CC(=O)OC2CC(C)(C)N(C(C)=O)C(C)(C)C2)CC1(C)C. The van der Waals surface area contributed by atoms with Gasteiger partial charge in [-0.3, -0.25) is 9.59 Å². The van der Waals surface area contributed by atoms with Gasteiger partial charge in [-0.05, 0) is 55.4 Å². The first kappa shape index (κ1) is 27.9. The van der Waals surface area contributed by atoms with Gasteiger partial charge < -0.3 is 19.3 Å². The smallest absolute Gasteiger partial charge is 0.331 e. The molecule has 2 amide bonds. The number of hydrogen-bond donors (Lipinski definition) is 0. The first-order chi connectivity index (χ1) is 15.3. The van der Waals surface area contributed by atoms with Gasteiger partial charge in [0.05, 0.1) is 0 Å². The molecule has 2 fully saturated rings. The zero-order valence-corrected chi connectivity index (χ0v) is 22.5. The molecule has 0 aliphatic carbocycles. The Morgan fingerprint density at radius 2 is 0.824 bits per heavy atom. The van der Waals surface area contributed by atoms with Gasteiger partial charge in [0, 0.05) is 73.8 Å². The van der Waals surface area contributed by atoms with Crippen molar-refractivity contribution in [1.82, 2.24) is 9.80 Å².